The number of hydrogen-bond donors (Lipinski definition) is 1. The fourth-order valence-corrected chi connectivity index (χ4v) is 1.59. The summed E-state index contributed by atoms with van der Waals surface area (Å²) in [4.78, 5) is 0. The van der Waals surface area contributed by atoms with Gasteiger partial charge in [-0.3, -0.25) is 0 Å². The largest absolute Gasteiger partial charge is 0.319 e. The minimum absolute atomic E-state index is 0.837. The maximum Gasteiger partial charge on any atom is -0.00262 e. The highest BCUT2D eigenvalue weighted by atomic mass is 14.8. The monoisotopic (exact) mass is 183 g/mol. The zero-order valence-corrected chi connectivity index (χ0v) is 9.31. The van der Waals surface area contributed by atoms with Crippen molar-refractivity contribution < 1.29 is 0 Å². The van der Waals surface area contributed by atoms with E-state index in [1.165, 1.54) is 38.5 Å². The normalized spacial score (nSPS) is 12.8. The Bertz CT molecular complexity index is 110. The van der Waals surface area contributed by atoms with Crippen LogP contribution in [0.25, 0.3) is 0 Å². The second-order valence-electron chi connectivity index (χ2n) is 3.94. The summed E-state index contributed by atoms with van der Waals surface area (Å²) in [6.07, 6.45) is 10.1. The molecule has 0 radical (unpaired) electrons. The van der Waals surface area contributed by atoms with E-state index in [4.69, 9.17) is 0 Å². The van der Waals surface area contributed by atoms with Crippen molar-refractivity contribution in [1.82, 2.24) is 5.32 Å². The molecule has 0 heterocycles. The molecule has 1 nitrogen and oxygen atoms in total. The minimum Gasteiger partial charge on any atom is -0.319 e. The maximum absolute atomic E-state index is 3.72. The fraction of sp³-hybridized carbons (Fsp3) is 0.833. The summed E-state index contributed by atoms with van der Waals surface area (Å²) < 4.78 is 0. The van der Waals surface area contributed by atoms with Crippen LogP contribution in [0, 0.1) is 5.92 Å². The molecule has 78 valence electrons. The SMILES string of the molecule is C=CCCCCCCC(C)CNC. The van der Waals surface area contributed by atoms with E-state index in [1.807, 2.05) is 13.1 Å². The molecule has 0 aliphatic heterocycles. The molecule has 0 aromatic carbocycles. The Morgan fingerprint density at radius 3 is 2.54 bits per heavy atom. The van der Waals surface area contributed by atoms with Crippen molar-refractivity contribution in [2.75, 3.05) is 13.6 Å². The molecule has 0 aromatic heterocycles. The van der Waals surface area contributed by atoms with Gasteiger partial charge in [-0.2, -0.15) is 0 Å². The van der Waals surface area contributed by atoms with Crippen molar-refractivity contribution in [3.8, 4) is 0 Å². The molecule has 0 aliphatic rings. The van der Waals surface area contributed by atoms with Crippen LogP contribution in [0.15, 0.2) is 12.7 Å². The van der Waals surface area contributed by atoms with Crippen molar-refractivity contribution in [3.63, 3.8) is 0 Å². The van der Waals surface area contributed by atoms with Crippen molar-refractivity contribution in [3.05, 3.63) is 12.7 Å². The van der Waals surface area contributed by atoms with Crippen LogP contribution in [-0.2, 0) is 0 Å². The molecule has 1 N–H and O–H groups in total. The molecule has 13 heavy (non-hydrogen) atoms. The Hall–Kier alpha value is -0.300. The van der Waals surface area contributed by atoms with Crippen LogP contribution < -0.4 is 5.32 Å². The molecule has 1 unspecified atom stereocenters. The van der Waals surface area contributed by atoms with Crippen LogP contribution in [0.3, 0.4) is 0 Å². The molecule has 1 atom stereocenters. The summed E-state index contributed by atoms with van der Waals surface area (Å²) >= 11 is 0. The molecule has 0 saturated carbocycles. The third-order valence-electron chi connectivity index (χ3n) is 2.41. The van der Waals surface area contributed by atoms with Gasteiger partial charge in [0.05, 0.1) is 0 Å². The lowest BCUT2D eigenvalue weighted by Gasteiger charge is -2.09. The zero-order chi connectivity index (χ0) is 9.94. The predicted molar refractivity (Wildman–Crippen MR) is 61.0 cm³/mol. The predicted octanol–water partition coefficient (Wildman–Crippen LogP) is 3.37. The fourth-order valence-electron chi connectivity index (χ4n) is 1.59. The standard InChI is InChI=1S/C12H25N/c1-4-5-6-7-8-9-10-12(2)11-13-3/h4,12-13H,1,5-11H2,2-3H3. The number of nitrogens with one attached hydrogen (secondary N) is 1. The lowest BCUT2D eigenvalue weighted by molar-refractivity contribution is 0.469. The summed E-state index contributed by atoms with van der Waals surface area (Å²) in [6.45, 7) is 7.20. The highest BCUT2D eigenvalue weighted by molar-refractivity contribution is 4.65. The molecular formula is C12H25N. The van der Waals surface area contributed by atoms with Gasteiger partial charge in [-0.25, -0.2) is 0 Å². The molecule has 0 amide bonds. The quantitative estimate of drug-likeness (QED) is 0.427. The first-order valence-corrected chi connectivity index (χ1v) is 5.56. The topological polar surface area (TPSA) is 12.0 Å². The van der Waals surface area contributed by atoms with Crippen molar-refractivity contribution in [2.45, 2.75) is 45.4 Å². The van der Waals surface area contributed by atoms with Gasteiger partial charge in [0.2, 0.25) is 0 Å². The van der Waals surface area contributed by atoms with Gasteiger partial charge in [0.25, 0.3) is 0 Å². The van der Waals surface area contributed by atoms with Gasteiger partial charge in [0, 0.05) is 0 Å². The van der Waals surface area contributed by atoms with Crippen LogP contribution in [0.5, 0.6) is 0 Å². The second kappa shape index (κ2) is 9.79. The minimum atomic E-state index is 0.837. The lowest BCUT2D eigenvalue weighted by atomic mass is 10.0. The van der Waals surface area contributed by atoms with E-state index in [2.05, 4.69) is 18.8 Å². The Morgan fingerprint density at radius 1 is 1.23 bits per heavy atom. The Labute approximate surface area is 83.6 Å². The van der Waals surface area contributed by atoms with Crippen LogP contribution in [-0.4, -0.2) is 13.6 Å². The highest BCUT2D eigenvalue weighted by Crippen LogP contribution is 2.10. The van der Waals surface area contributed by atoms with E-state index in [0.29, 0.717) is 0 Å². The van der Waals surface area contributed by atoms with E-state index < -0.39 is 0 Å². The molecular weight excluding hydrogens is 158 g/mol. The lowest BCUT2D eigenvalue weighted by Crippen LogP contribution is -2.15. The molecule has 0 spiro atoms. The van der Waals surface area contributed by atoms with Gasteiger partial charge in [-0.1, -0.05) is 32.3 Å². The molecule has 0 aromatic rings. The first-order chi connectivity index (χ1) is 6.31. The highest BCUT2D eigenvalue weighted by Gasteiger charge is 1.99. The van der Waals surface area contributed by atoms with E-state index in [1.54, 1.807) is 0 Å². The third-order valence-corrected chi connectivity index (χ3v) is 2.41. The summed E-state index contributed by atoms with van der Waals surface area (Å²) in [5.74, 6) is 0.837. The van der Waals surface area contributed by atoms with E-state index in [0.717, 1.165) is 12.5 Å². The first kappa shape index (κ1) is 12.7. The van der Waals surface area contributed by atoms with Gasteiger partial charge < -0.3 is 5.32 Å². The average Bonchev–Trinajstić information content (AvgIpc) is 2.11. The van der Waals surface area contributed by atoms with Crippen molar-refractivity contribution >= 4 is 0 Å². The molecule has 1 heteroatoms. The third kappa shape index (κ3) is 9.62. The van der Waals surface area contributed by atoms with Crippen molar-refractivity contribution in [2.24, 2.45) is 5.92 Å². The number of hydrogen-bond acceptors (Lipinski definition) is 1. The number of allylic oxidation sites excluding steroid dienone is 1. The number of rotatable bonds is 9. The average molecular weight is 183 g/mol. The van der Waals surface area contributed by atoms with Crippen LogP contribution in [0.1, 0.15) is 45.4 Å². The van der Waals surface area contributed by atoms with Crippen LogP contribution >= 0.6 is 0 Å². The number of unbranched alkanes of at least 4 members (excludes halogenated alkanes) is 4. The smallest absolute Gasteiger partial charge is 0.00262 e. The molecule has 0 rings (SSSR count). The van der Waals surface area contributed by atoms with Crippen LogP contribution in [0.2, 0.25) is 0 Å². The Morgan fingerprint density at radius 2 is 1.92 bits per heavy atom. The summed E-state index contributed by atoms with van der Waals surface area (Å²) in [5, 5.41) is 3.22. The van der Waals surface area contributed by atoms with Gasteiger partial charge in [-0.05, 0) is 38.8 Å². The van der Waals surface area contributed by atoms with E-state index >= 15 is 0 Å². The van der Waals surface area contributed by atoms with E-state index in [9.17, 15) is 0 Å². The molecule has 0 bridgehead atoms. The summed E-state index contributed by atoms with van der Waals surface area (Å²) in [5.41, 5.74) is 0. The maximum atomic E-state index is 3.72. The Kier molecular flexibility index (Phi) is 9.56. The van der Waals surface area contributed by atoms with Crippen molar-refractivity contribution in [1.29, 1.82) is 0 Å². The summed E-state index contributed by atoms with van der Waals surface area (Å²) in [7, 11) is 2.03. The summed E-state index contributed by atoms with van der Waals surface area (Å²) in [6, 6.07) is 0. The molecule has 0 saturated heterocycles. The molecule has 0 fully saturated rings. The van der Waals surface area contributed by atoms with Gasteiger partial charge >= 0.3 is 0 Å². The van der Waals surface area contributed by atoms with Gasteiger partial charge in [0.1, 0.15) is 0 Å². The Balaban J connectivity index is 3.01. The second-order valence-corrected chi connectivity index (χ2v) is 3.94. The van der Waals surface area contributed by atoms with Gasteiger partial charge in [0.15, 0.2) is 0 Å². The first-order valence-electron chi connectivity index (χ1n) is 5.56. The van der Waals surface area contributed by atoms with Gasteiger partial charge in [-0.15, -0.1) is 6.58 Å². The zero-order valence-electron chi connectivity index (χ0n) is 9.31. The van der Waals surface area contributed by atoms with Crippen LogP contribution in [0.4, 0.5) is 0 Å². The molecule has 0 aliphatic carbocycles. The van der Waals surface area contributed by atoms with E-state index in [-0.39, 0.29) is 0 Å².